The highest BCUT2D eigenvalue weighted by Gasteiger charge is 2.22. The van der Waals surface area contributed by atoms with Gasteiger partial charge < -0.3 is 10.1 Å². The van der Waals surface area contributed by atoms with Gasteiger partial charge in [-0.1, -0.05) is 54.1 Å². The summed E-state index contributed by atoms with van der Waals surface area (Å²) in [5.41, 5.74) is 4.40. The molecular formula is C25H31N5O2S. The lowest BCUT2D eigenvalue weighted by atomic mass is 10.1. The quantitative estimate of drug-likeness (QED) is 0.519. The maximum Gasteiger partial charge on any atom is 0.240 e. The number of morpholine rings is 1. The van der Waals surface area contributed by atoms with Crippen molar-refractivity contribution in [2.75, 3.05) is 13.1 Å². The van der Waals surface area contributed by atoms with Crippen molar-refractivity contribution in [1.29, 1.82) is 0 Å². The van der Waals surface area contributed by atoms with Gasteiger partial charge in [0.2, 0.25) is 5.91 Å². The molecule has 0 spiro atoms. The lowest BCUT2D eigenvalue weighted by molar-refractivity contribution is -0.121. The van der Waals surface area contributed by atoms with Crippen LogP contribution in [0.4, 0.5) is 0 Å². The van der Waals surface area contributed by atoms with E-state index < -0.39 is 0 Å². The number of hydrogen-bond acceptors (Lipinski definition) is 5. The molecular weight excluding hydrogens is 434 g/mol. The molecule has 1 amide bonds. The van der Waals surface area contributed by atoms with Gasteiger partial charge in [-0.05, 0) is 44.1 Å². The number of carbonyl (C=O) groups excluding carboxylic acids is 1. The van der Waals surface area contributed by atoms with E-state index in [1.807, 2.05) is 31.2 Å². The Balaban J connectivity index is 1.32. The number of nitrogens with zero attached hydrogens (tertiary/aromatic N) is 3. The molecule has 0 saturated carbocycles. The number of H-pyrrole nitrogens is 1. The number of benzene rings is 2. The second kappa shape index (κ2) is 10.4. The molecule has 174 valence electrons. The van der Waals surface area contributed by atoms with Gasteiger partial charge in [0.05, 0.1) is 12.2 Å². The van der Waals surface area contributed by atoms with Gasteiger partial charge in [0.1, 0.15) is 6.54 Å². The van der Waals surface area contributed by atoms with Crippen LogP contribution in [0.15, 0.2) is 48.5 Å². The summed E-state index contributed by atoms with van der Waals surface area (Å²) in [6, 6.07) is 16.4. The molecule has 0 bridgehead atoms. The summed E-state index contributed by atoms with van der Waals surface area (Å²) in [5.74, 6) is 0.549. The SMILES string of the molecule is Cc1ccc(-c2n[nH]c(=S)n2CC(=O)NCc2ccc(CN3CC(C)OC(C)C3)cc2)cc1. The van der Waals surface area contributed by atoms with Crippen LogP contribution < -0.4 is 5.32 Å². The first-order chi connectivity index (χ1) is 15.9. The fraction of sp³-hybridized carbons (Fsp3) is 0.400. The first-order valence-electron chi connectivity index (χ1n) is 11.3. The fourth-order valence-corrected chi connectivity index (χ4v) is 4.42. The average Bonchev–Trinajstić information content (AvgIpc) is 3.13. The van der Waals surface area contributed by atoms with E-state index in [2.05, 4.69) is 58.5 Å². The molecule has 2 aromatic carbocycles. The molecule has 1 aromatic heterocycles. The summed E-state index contributed by atoms with van der Waals surface area (Å²) >= 11 is 5.34. The minimum absolute atomic E-state index is 0.110. The number of aromatic amines is 1. The summed E-state index contributed by atoms with van der Waals surface area (Å²) in [7, 11) is 0. The van der Waals surface area contributed by atoms with Gasteiger partial charge in [-0.3, -0.25) is 19.4 Å². The van der Waals surface area contributed by atoms with E-state index in [1.54, 1.807) is 4.57 Å². The first-order valence-corrected chi connectivity index (χ1v) is 11.7. The van der Waals surface area contributed by atoms with Crippen LogP contribution in [-0.2, 0) is 29.2 Å². The monoisotopic (exact) mass is 465 g/mol. The summed E-state index contributed by atoms with van der Waals surface area (Å²) in [6.45, 7) is 9.66. The Morgan fingerprint density at radius 2 is 1.73 bits per heavy atom. The van der Waals surface area contributed by atoms with Gasteiger partial charge in [0.25, 0.3) is 0 Å². The topological polar surface area (TPSA) is 75.2 Å². The molecule has 2 atom stereocenters. The molecule has 2 unspecified atom stereocenters. The lowest BCUT2D eigenvalue weighted by Crippen LogP contribution is -2.44. The van der Waals surface area contributed by atoms with E-state index in [9.17, 15) is 4.79 Å². The molecule has 1 fully saturated rings. The Hall–Kier alpha value is -2.81. The molecule has 4 rings (SSSR count). The zero-order valence-corrected chi connectivity index (χ0v) is 20.2. The Bertz CT molecular complexity index is 1130. The third kappa shape index (κ3) is 6.16. The molecule has 1 aliphatic rings. The van der Waals surface area contributed by atoms with Crippen LogP contribution in [0.3, 0.4) is 0 Å². The van der Waals surface area contributed by atoms with Crippen LogP contribution in [-0.4, -0.2) is 50.9 Å². The number of rotatable bonds is 7. The zero-order valence-electron chi connectivity index (χ0n) is 19.4. The molecule has 3 aromatic rings. The van der Waals surface area contributed by atoms with Crippen LogP contribution in [0.25, 0.3) is 11.4 Å². The molecule has 7 nitrogen and oxygen atoms in total. The van der Waals surface area contributed by atoms with Crippen molar-refractivity contribution >= 4 is 18.1 Å². The predicted octanol–water partition coefficient (Wildman–Crippen LogP) is 3.84. The highest BCUT2D eigenvalue weighted by Crippen LogP contribution is 2.18. The van der Waals surface area contributed by atoms with Gasteiger partial charge in [0.15, 0.2) is 10.6 Å². The number of ether oxygens (including phenoxy) is 1. The van der Waals surface area contributed by atoms with E-state index in [4.69, 9.17) is 17.0 Å². The van der Waals surface area contributed by atoms with Crippen LogP contribution >= 0.6 is 12.2 Å². The molecule has 0 aliphatic carbocycles. The van der Waals surface area contributed by atoms with Gasteiger partial charge in [-0.15, -0.1) is 0 Å². The van der Waals surface area contributed by atoms with Crippen LogP contribution in [0.1, 0.15) is 30.5 Å². The Morgan fingerprint density at radius 1 is 1.09 bits per heavy atom. The summed E-state index contributed by atoms with van der Waals surface area (Å²) in [4.78, 5) is 15.1. The van der Waals surface area contributed by atoms with Crippen molar-refractivity contribution in [2.24, 2.45) is 0 Å². The van der Waals surface area contributed by atoms with Crippen molar-refractivity contribution in [3.63, 3.8) is 0 Å². The smallest absolute Gasteiger partial charge is 0.240 e. The molecule has 8 heteroatoms. The van der Waals surface area contributed by atoms with Crippen LogP contribution in [0.5, 0.6) is 0 Å². The second-order valence-electron chi connectivity index (χ2n) is 8.85. The molecule has 0 radical (unpaired) electrons. The van der Waals surface area contributed by atoms with Gasteiger partial charge in [-0.25, -0.2) is 0 Å². The van der Waals surface area contributed by atoms with Gasteiger partial charge in [-0.2, -0.15) is 5.10 Å². The number of carbonyl (C=O) groups is 1. The Morgan fingerprint density at radius 3 is 2.39 bits per heavy atom. The van der Waals surface area contributed by atoms with E-state index in [0.717, 1.165) is 36.3 Å². The average molecular weight is 466 g/mol. The molecule has 1 aliphatic heterocycles. The highest BCUT2D eigenvalue weighted by molar-refractivity contribution is 7.71. The standard InChI is InChI=1S/C25H31N5O2S/c1-17-4-10-22(11-5-17)24-27-28-25(33)30(24)16-23(31)26-12-20-6-8-21(9-7-20)15-29-13-18(2)32-19(3)14-29/h4-11,18-19H,12-16H2,1-3H3,(H,26,31)(H,28,33). The van der Waals surface area contributed by atoms with E-state index >= 15 is 0 Å². The van der Waals surface area contributed by atoms with Crippen molar-refractivity contribution in [3.05, 3.63) is 70.0 Å². The van der Waals surface area contributed by atoms with Crippen molar-refractivity contribution in [3.8, 4) is 11.4 Å². The minimum Gasteiger partial charge on any atom is -0.373 e. The van der Waals surface area contributed by atoms with E-state index in [1.165, 1.54) is 5.56 Å². The van der Waals surface area contributed by atoms with Crippen LogP contribution in [0, 0.1) is 11.7 Å². The van der Waals surface area contributed by atoms with Crippen molar-refractivity contribution in [1.82, 2.24) is 25.0 Å². The molecule has 33 heavy (non-hydrogen) atoms. The number of amides is 1. The zero-order chi connectivity index (χ0) is 23.4. The third-order valence-corrected chi connectivity index (χ3v) is 6.10. The number of aryl methyl sites for hydroxylation is 1. The number of nitrogens with one attached hydrogen (secondary N) is 2. The normalized spacial score (nSPS) is 18.9. The summed E-state index contributed by atoms with van der Waals surface area (Å²) < 4.78 is 7.97. The second-order valence-corrected chi connectivity index (χ2v) is 9.24. The largest absolute Gasteiger partial charge is 0.373 e. The lowest BCUT2D eigenvalue weighted by Gasteiger charge is -2.35. The maximum absolute atomic E-state index is 12.6. The number of aromatic nitrogens is 3. The van der Waals surface area contributed by atoms with Gasteiger partial charge in [0, 0.05) is 31.7 Å². The molecule has 1 saturated heterocycles. The van der Waals surface area contributed by atoms with Crippen molar-refractivity contribution < 1.29 is 9.53 Å². The van der Waals surface area contributed by atoms with Gasteiger partial charge >= 0.3 is 0 Å². The van der Waals surface area contributed by atoms with E-state index in [0.29, 0.717) is 17.1 Å². The maximum atomic E-state index is 12.6. The van der Waals surface area contributed by atoms with Crippen LogP contribution in [0.2, 0.25) is 0 Å². The summed E-state index contributed by atoms with van der Waals surface area (Å²) in [6.07, 6.45) is 0.525. The fourth-order valence-electron chi connectivity index (χ4n) is 4.22. The highest BCUT2D eigenvalue weighted by atomic mass is 32.1. The summed E-state index contributed by atoms with van der Waals surface area (Å²) in [5, 5.41) is 10.1. The minimum atomic E-state index is -0.110. The third-order valence-electron chi connectivity index (χ3n) is 5.78. The predicted molar refractivity (Wildman–Crippen MR) is 131 cm³/mol. The molecule has 2 N–H and O–H groups in total. The number of hydrogen-bond donors (Lipinski definition) is 2. The Kier molecular flexibility index (Phi) is 7.37. The Labute approximate surface area is 199 Å². The van der Waals surface area contributed by atoms with E-state index in [-0.39, 0.29) is 24.7 Å². The molecule has 2 heterocycles. The first kappa shape index (κ1) is 23.4. The van der Waals surface area contributed by atoms with Crippen molar-refractivity contribution in [2.45, 2.75) is 52.6 Å².